The summed E-state index contributed by atoms with van der Waals surface area (Å²) in [5.41, 5.74) is 4.30. The Morgan fingerprint density at radius 3 is 2.15 bits per heavy atom. The van der Waals surface area contributed by atoms with Crippen molar-refractivity contribution >= 4 is 12.0 Å². The van der Waals surface area contributed by atoms with Gasteiger partial charge in [0.05, 0.1) is 18.1 Å². The average molecular weight is 462 g/mol. The first-order chi connectivity index (χ1) is 15.7. The molecule has 0 N–H and O–H groups in total. The van der Waals surface area contributed by atoms with E-state index in [0.717, 1.165) is 28.0 Å². The molecule has 2 rings (SSSR count). The van der Waals surface area contributed by atoms with E-state index in [1.165, 1.54) is 11.6 Å². The third kappa shape index (κ3) is 6.97. The van der Waals surface area contributed by atoms with E-state index in [4.69, 9.17) is 9.47 Å². The molecule has 0 radical (unpaired) electrons. The van der Waals surface area contributed by atoms with E-state index in [0.29, 0.717) is 13.2 Å². The molecule has 0 aliphatic heterocycles. The Labute approximate surface area is 205 Å². The summed E-state index contributed by atoms with van der Waals surface area (Å²) < 4.78 is 11.3. The van der Waals surface area contributed by atoms with E-state index >= 15 is 0 Å². The lowest BCUT2D eigenvalue weighted by atomic mass is 9.72. The normalized spacial score (nSPS) is 12.5. The highest BCUT2D eigenvalue weighted by molar-refractivity contribution is 5.87. The highest BCUT2D eigenvalue weighted by Gasteiger charge is 2.32. The molecule has 0 saturated heterocycles. The number of carbonyl (C=O) groups excluding carboxylic acids is 1. The molecule has 0 saturated carbocycles. The van der Waals surface area contributed by atoms with Gasteiger partial charge in [-0.1, -0.05) is 65.8 Å². The standard InChI is InChI=1S/C30H39NO3/c1-10-33-27(32)15-14-21-12-11-13-22(16-21)19-34-26-18-24(30(8,9)20-31)23(28(2,3)4)17-25(26)29(5,6)7/h11-18H,10,19H2,1-9H3/b15-14+. The van der Waals surface area contributed by atoms with E-state index in [2.05, 4.69) is 59.7 Å². The predicted molar refractivity (Wildman–Crippen MR) is 139 cm³/mol. The fraction of sp³-hybridized carbons (Fsp3) is 0.467. The summed E-state index contributed by atoms with van der Waals surface area (Å²) >= 11 is 0. The van der Waals surface area contributed by atoms with Gasteiger partial charge in [-0.15, -0.1) is 0 Å². The highest BCUT2D eigenvalue weighted by atomic mass is 16.5. The maximum atomic E-state index is 11.6. The second kappa shape index (κ2) is 10.5. The number of esters is 1. The summed E-state index contributed by atoms with van der Waals surface area (Å²) in [4.78, 5) is 11.6. The van der Waals surface area contributed by atoms with E-state index in [9.17, 15) is 10.1 Å². The van der Waals surface area contributed by atoms with Gasteiger partial charge in [0.25, 0.3) is 0 Å². The number of hydrogen-bond acceptors (Lipinski definition) is 4. The van der Waals surface area contributed by atoms with Crippen molar-refractivity contribution in [2.75, 3.05) is 6.61 Å². The second-order valence-electron chi connectivity index (χ2n) is 11.2. The van der Waals surface area contributed by atoms with Crippen LogP contribution in [-0.2, 0) is 32.4 Å². The smallest absolute Gasteiger partial charge is 0.330 e. The average Bonchev–Trinajstić information content (AvgIpc) is 2.75. The molecule has 0 aliphatic rings. The van der Waals surface area contributed by atoms with E-state index in [-0.39, 0.29) is 16.8 Å². The van der Waals surface area contributed by atoms with E-state index < -0.39 is 5.41 Å². The molecule has 0 fully saturated rings. The first-order valence-electron chi connectivity index (χ1n) is 11.9. The number of carbonyl (C=O) groups is 1. The summed E-state index contributed by atoms with van der Waals surface area (Å²) in [6.07, 6.45) is 3.18. The molecular weight excluding hydrogens is 422 g/mol. The third-order valence-electron chi connectivity index (χ3n) is 5.73. The largest absolute Gasteiger partial charge is 0.489 e. The Kier molecular flexibility index (Phi) is 8.37. The van der Waals surface area contributed by atoms with Crippen LogP contribution in [0.1, 0.15) is 90.1 Å². The van der Waals surface area contributed by atoms with Crippen LogP contribution in [-0.4, -0.2) is 12.6 Å². The lowest BCUT2D eigenvalue weighted by molar-refractivity contribution is -0.137. The fourth-order valence-corrected chi connectivity index (χ4v) is 3.79. The summed E-state index contributed by atoms with van der Waals surface area (Å²) in [7, 11) is 0. The predicted octanol–water partition coefficient (Wildman–Crippen LogP) is 7.24. The quantitative estimate of drug-likeness (QED) is 0.322. The van der Waals surface area contributed by atoms with Crippen LogP contribution in [0.3, 0.4) is 0 Å². The zero-order valence-corrected chi connectivity index (χ0v) is 22.2. The van der Waals surface area contributed by atoms with Crippen molar-refractivity contribution in [1.29, 1.82) is 5.26 Å². The molecular formula is C30H39NO3. The maximum absolute atomic E-state index is 11.6. The van der Waals surface area contributed by atoms with Gasteiger partial charge in [-0.2, -0.15) is 5.26 Å². The Morgan fingerprint density at radius 1 is 0.941 bits per heavy atom. The van der Waals surface area contributed by atoms with Crippen molar-refractivity contribution in [2.45, 2.75) is 85.2 Å². The van der Waals surface area contributed by atoms with Gasteiger partial charge in [-0.05, 0) is 77.6 Å². The van der Waals surface area contributed by atoms with Crippen molar-refractivity contribution in [2.24, 2.45) is 0 Å². The fourth-order valence-electron chi connectivity index (χ4n) is 3.79. The number of ether oxygens (including phenoxy) is 2. The van der Waals surface area contributed by atoms with Gasteiger partial charge < -0.3 is 9.47 Å². The first kappa shape index (κ1) is 27.2. The topological polar surface area (TPSA) is 59.3 Å². The zero-order chi connectivity index (χ0) is 25.7. The van der Waals surface area contributed by atoms with Gasteiger partial charge in [0, 0.05) is 6.08 Å². The lowest BCUT2D eigenvalue weighted by Crippen LogP contribution is -2.25. The zero-order valence-electron chi connectivity index (χ0n) is 22.2. The molecule has 0 aliphatic carbocycles. The molecule has 0 atom stereocenters. The Morgan fingerprint density at radius 2 is 1.59 bits per heavy atom. The monoisotopic (exact) mass is 461 g/mol. The summed E-state index contributed by atoms with van der Waals surface area (Å²) in [6, 6.07) is 14.6. The number of hydrogen-bond donors (Lipinski definition) is 0. The highest BCUT2D eigenvalue weighted by Crippen LogP contribution is 2.42. The van der Waals surface area contributed by atoms with Crippen LogP contribution in [0.15, 0.2) is 42.5 Å². The van der Waals surface area contributed by atoms with E-state index in [1.54, 1.807) is 13.0 Å². The van der Waals surface area contributed by atoms with Crippen LogP contribution >= 0.6 is 0 Å². The number of benzene rings is 2. The maximum Gasteiger partial charge on any atom is 0.330 e. The van der Waals surface area contributed by atoms with Gasteiger partial charge in [-0.25, -0.2) is 4.79 Å². The molecule has 0 spiro atoms. The van der Waals surface area contributed by atoms with Crippen molar-refractivity contribution in [1.82, 2.24) is 0 Å². The van der Waals surface area contributed by atoms with Gasteiger partial charge in [0.1, 0.15) is 12.4 Å². The molecule has 0 aromatic heterocycles. The van der Waals surface area contributed by atoms with Crippen LogP contribution < -0.4 is 4.74 Å². The van der Waals surface area contributed by atoms with Crippen molar-refractivity contribution < 1.29 is 14.3 Å². The molecule has 0 amide bonds. The van der Waals surface area contributed by atoms with Crippen LogP contribution in [0.2, 0.25) is 0 Å². The molecule has 4 nitrogen and oxygen atoms in total. The molecule has 0 unspecified atom stereocenters. The molecule has 2 aromatic rings. The van der Waals surface area contributed by atoms with Crippen LogP contribution in [0.5, 0.6) is 5.75 Å². The minimum absolute atomic E-state index is 0.110. The van der Waals surface area contributed by atoms with Gasteiger partial charge >= 0.3 is 5.97 Å². The molecule has 4 heteroatoms. The van der Waals surface area contributed by atoms with Crippen molar-refractivity contribution in [3.05, 3.63) is 70.3 Å². The SMILES string of the molecule is CCOC(=O)/C=C/c1cccc(COc2cc(C(C)(C)C#N)c(C(C)(C)C)cc2C(C)(C)C)c1. The molecule has 0 heterocycles. The molecule has 0 bridgehead atoms. The van der Waals surface area contributed by atoms with Crippen molar-refractivity contribution in [3.8, 4) is 11.8 Å². The van der Waals surface area contributed by atoms with Gasteiger partial charge in [0.2, 0.25) is 0 Å². The summed E-state index contributed by atoms with van der Waals surface area (Å²) in [6.45, 7) is 19.5. The van der Waals surface area contributed by atoms with Crippen LogP contribution in [0.4, 0.5) is 0 Å². The number of rotatable bonds is 7. The number of nitriles is 1. The number of nitrogens with zero attached hydrogens (tertiary/aromatic N) is 1. The second-order valence-corrected chi connectivity index (χ2v) is 11.2. The summed E-state index contributed by atoms with van der Waals surface area (Å²) in [5, 5.41) is 9.89. The third-order valence-corrected chi connectivity index (χ3v) is 5.73. The van der Waals surface area contributed by atoms with Gasteiger partial charge in [0.15, 0.2) is 0 Å². The Bertz CT molecular complexity index is 1090. The minimum atomic E-state index is -0.644. The molecule has 2 aromatic carbocycles. The molecule has 34 heavy (non-hydrogen) atoms. The molecule has 182 valence electrons. The first-order valence-corrected chi connectivity index (χ1v) is 11.9. The Balaban J connectivity index is 2.46. The minimum Gasteiger partial charge on any atom is -0.489 e. The van der Waals surface area contributed by atoms with E-state index in [1.807, 2.05) is 38.1 Å². The van der Waals surface area contributed by atoms with Crippen LogP contribution in [0, 0.1) is 11.3 Å². The summed E-state index contributed by atoms with van der Waals surface area (Å²) in [5.74, 6) is 0.442. The lowest BCUT2D eigenvalue weighted by Gasteiger charge is -2.33. The van der Waals surface area contributed by atoms with Gasteiger partial charge in [-0.3, -0.25) is 0 Å². The van der Waals surface area contributed by atoms with Crippen LogP contribution in [0.25, 0.3) is 6.08 Å². The Hall–Kier alpha value is -3.06. The van der Waals surface area contributed by atoms with Crippen molar-refractivity contribution in [3.63, 3.8) is 0 Å².